The van der Waals surface area contributed by atoms with Crippen LogP contribution in [0.15, 0.2) is 0 Å². The van der Waals surface area contributed by atoms with Crippen LogP contribution in [0.3, 0.4) is 0 Å². The molecule has 1 heterocycles. The molecule has 2 nitrogen and oxygen atoms in total. The lowest BCUT2D eigenvalue weighted by molar-refractivity contribution is -0.123. The number of rotatable bonds is 0. The fourth-order valence-electron chi connectivity index (χ4n) is 2.25. The van der Waals surface area contributed by atoms with E-state index in [4.69, 9.17) is 0 Å². The summed E-state index contributed by atoms with van der Waals surface area (Å²) >= 11 is 0. The highest BCUT2D eigenvalue weighted by atomic mass is 16.1. The van der Waals surface area contributed by atoms with Crippen LogP contribution in [-0.4, -0.2) is 12.5 Å². The fraction of sp³-hybridized carbons (Fsp3) is 0.923. The molecule has 1 aliphatic heterocycles. The largest absolute Gasteiger partial charge is 0.356 e. The maximum absolute atomic E-state index is 11.6. The van der Waals surface area contributed by atoms with Crippen LogP contribution in [0.5, 0.6) is 0 Å². The lowest BCUT2D eigenvalue weighted by atomic mass is 9.83. The molecule has 15 heavy (non-hydrogen) atoms. The zero-order chi connectivity index (χ0) is 11.1. The van der Waals surface area contributed by atoms with Crippen LogP contribution < -0.4 is 5.32 Å². The van der Waals surface area contributed by atoms with E-state index < -0.39 is 0 Å². The molecule has 0 aromatic heterocycles. The molecule has 0 radical (unpaired) electrons. The van der Waals surface area contributed by atoms with Gasteiger partial charge in [-0.3, -0.25) is 4.79 Å². The summed E-state index contributed by atoms with van der Waals surface area (Å²) in [6.07, 6.45) is 9.59. The summed E-state index contributed by atoms with van der Waals surface area (Å²) in [6, 6.07) is 0. The Bertz CT molecular complexity index is 199. The molecule has 2 heteroatoms. The van der Waals surface area contributed by atoms with E-state index >= 15 is 0 Å². The summed E-state index contributed by atoms with van der Waals surface area (Å²) in [6.45, 7) is 5.28. The first-order valence-electron chi connectivity index (χ1n) is 6.37. The van der Waals surface area contributed by atoms with Crippen molar-refractivity contribution in [2.75, 3.05) is 6.54 Å². The SMILES string of the molecule is CC1(C)CCCCCCCCNC(=O)C1. The van der Waals surface area contributed by atoms with Gasteiger partial charge in [0.05, 0.1) is 0 Å². The molecule has 88 valence electrons. The van der Waals surface area contributed by atoms with Gasteiger partial charge in [-0.15, -0.1) is 0 Å². The molecule has 1 N–H and O–H groups in total. The van der Waals surface area contributed by atoms with Crippen molar-refractivity contribution in [1.82, 2.24) is 5.32 Å². The molecule has 0 aliphatic carbocycles. The van der Waals surface area contributed by atoms with Crippen LogP contribution in [-0.2, 0) is 4.79 Å². The monoisotopic (exact) mass is 211 g/mol. The van der Waals surface area contributed by atoms with Crippen LogP contribution >= 0.6 is 0 Å². The number of nitrogens with one attached hydrogen (secondary N) is 1. The molecule has 0 aromatic carbocycles. The molecular formula is C13H25NO. The number of hydrogen-bond acceptors (Lipinski definition) is 1. The molecule has 0 spiro atoms. The van der Waals surface area contributed by atoms with Gasteiger partial charge in [0.2, 0.25) is 5.91 Å². The van der Waals surface area contributed by atoms with Gasteiger partial charge in [0.25, 0.3) is 0 Å². The van der Waals surface area contributed by atoms with Crippen molar-refractivity contribution in [2.24, 2.45) is 5.41 Å². The number of hydrogen-bond donors (Lipinski definition) is 1. The number of carbonyl (C=O) groups excluding carboxylic acids is 1. The molecule has 1 aliphatic rings. The summed E-state index contributed by atoms with van der Waals surface area (Å²) in [5.41, 5.74) is 0.184. The average molecular weight is 211 g/mol. The lowest BCUT2D eigenvalue weighted by Gasteiger charge is -2.24. The van der Waals surface area contributed by atoms with E-state index in [2.05, 4.69) is 19.2 Å². The van der Waals surface area contributed by atoms with E-state index in [1.54, 1.807) is 0 Å². The molecule has 0 saturated carbocycles. The van der Waals surface area contributed by atoms with Crippen LogP contribution in [0, 0.1) is 5.41 Å². The summed E-state index contributed by atoms with van der Waals surface area (Å²) in [4.78, 5) is 11.6. The lowest BCUT2D eigenvalue weighted by Crippen LogP contribution is -2.29. The second kappa shape index (κ2) is 6.14. The van der Waals surface area contributed by atoms with Gasteiger partial charge in [-0.2, -0.15) is 0 Å². The maximum atomic E-state index is 11.6. The van der Waals surface area contributed by atoms with Crippen LogP contribution in [0.25, 0.3) is 0 Å². The van der Waals surface area contributed by atoms with Crippen LogP contribution in [0.2, 0.25) is 0 Å². The molecule has 0 bridgehead atoms. The maximum Gasteiger partial charge on any atom is 0.220 e. The summed E-state index contributed by atoms with van der Waals surface area (Å²) < 4.78 is 0. The fourth-order valence-corrected chi connectivity index (χ4v) is 2.25. The van der Waals surface area contributed by atoms with Crippen molar-refractivity contribution in [3.05, 3.63) is 0 Å². The second-order valence-corrected chi connectivity index (χ2v) is 5.56. The molecule has 1 amide bonds. The third-order valence-electron chi connectivity index (χ3n) is 3.24. The Hall–Kier alpha value is -0.530. The topological polar surface area (TPSA) is 29.1 Å². The molecule has 0 aromatic rings. The zero-order valence-corrected chi connectivity index (χ0v) is 10.3. The molecule has 1 fully saturated rings. The van der Waals surface area contributed by atoms with Crippen molar-refractivity contribution in [3.8, 4) is 0 Å². The second-order valence-electron chi connectivity index (χ2n) is 5.56. The highest BCUT2D eigenvalue weighted by Gasteiger charge is 2.21. The van der Waals surface area contributed by atoms with Gasteiger partial charge in [-0.05, 0) is 18.3 Å². The van der Waals surface area contributed by atoms with E-state index in [0.717, 1.165) is 13.0 Å². The first kappa shape index (κ1) is 12.5. The van der Waals surface area contributed by atoms with Crippen LogP contribution in [0.1, 0.15) is 65.2 Å². The quantitative estimate of drug-likeness (QED) is 0.654. The van der Waals surface area contributed by atoms with E-state index in [9.17, 15) is 4.79 Å². The first-order chi connectivity index (χ1) is 7.10. The minimum Gasteiger partial charge on any atom is -0.356 e. The summed E-state index contributed by atoms with van der Waals surface area (Å²) in [7, 11) is 0. The predicted molar refractivity (Wildman–Crippen MR) is 63.7 cm³/mol. The molecular weight excluding hydrogens is 186 g/mol. The summed E-state index contributed by atoms with van der Waals surface area (Å²) in [5, 5.41) is 3.02. The van der Waals surface area contributed by atoms with Crippen LogP contribution in [0.4, 0.5) is 0 Å². The third-order valence-corrected chi connectivity index (χ3v) is 3.24. The van der Waals surface area contributed by atoms with Gasteiger partial charge in [-0.1, -0.05) is 46.0 Å². The normalized spacial score (nSPS) is 24.8. The Morgan fingerprint density at radius 3 is 2.33 bits per heavy atom. The van der Waals surface area contributed by atoms with E-state index in [0.29, 0.717) is 6.42 Å². The predicted octanol–water partition coefficient (Wildman–Crippen LogP) is 3.26. The minimum atomic E-state index is 0.184. The summed E-state index contributed by atoms with van der Waals surface area (Å²) in [5.74, 6) is 0.237. The highest BCUT2D eigenvalue weighted by Crippen LogP contribution is 2.28. The molecule has 0 atom stereocenters. The Morgan fingerprint density at radius 2 is 1.60 bits per heavy atom. The highest BCUT2D eigenvalue weighted by molar-refractivity contribution is 5.76. The van der Waals surface area contributed by atoms with Crippen molar-refractivity contribution in [1.29, 1.82) is 0 Å². The van der Waals surface area contributed by atoms with Gasteiger partial charge in [0, 0.05) is 13.0 Å². The number of amides is 1. The molecule has 1 saturated heterocycles. The smallest absolute Gasteiger partial charge is 0.220 e. The van der Waals surface area contributed by atoms with Crippen molar-refractivity contribution in [2.45, 2.75) is 65.2 Å². The van der Waals surface area contributed by atoms with E-state index in [1.165, 1.54) is 38.5 Å². The Balaban J connectivity index is 2.40. The Morgan fingerprint density at radius 1 is 1.00 bits per heavy atom. The van der Waals surface area contributed by atoms with Gasteiger partial charge < -0.3 is 5.32 Å². The Labute approximate surface area is 93.8 Å². The van der Waals surface area contributed by atoms with Crippen molar-refractivity contribution < 1.29 is 4.79 Å². The van der Waals surface area contributed by atoms with Gasteiger partial charge >= 0.3 is 0 Å². The number of carbonyl (C=O) groups is 1. The Kier molecular flexibility index (Phi) is 5.13. The van der Waals surface area contributed by atoms with Gasteiger partial charge in [0.1, 0.15) is 0 Å². The standard InChI is InChI=1S/C13H25NO/c1-13(2)9-7-5-3-4-6-8-10-14-12(15)11-13/h3-11H2,1-2H3,(H,14,15). The van der Waals surface area contributed by atoms with Crippen molar-refractivity contribution >= 4 is 5.91 Å². The van der Waals surface area contributed by atoms with E-state index in [1.807, 2.05) is 0 Å². The van der Waals surface area contributed by atoms with Gasteiger partial charge in [-0.25, -0.2) is 0 Å². The first-order valence-corrected chi connectivity index (χ1v) is 6.37. The third kappa shape index (κ3) is 5.81. The average Bonchev–Trinajstić information content (AvgIpc) is 2.12. The van der Waals surface area contributed by atoms with E-state index in [-0.39, 0.29) is 11.3 Å². The van der Waals surface area contributed by atoms with Crippen molar-refractivity contribution in [3.63, 3.8) is 0 Å². The van der Waals surface area contributed by atoms with Gasteiger partial charge in [0.15, 0.2) is 0 Å². The minimum absolute atomic E-state index is 0.184. The molecule has 1 rings (SSSR count). The zero-order valence-electron chi connectivity index (χ0n) is 10.3. The molecule has 0 unspecified atom stereocenters.